The molecular formula is C17H18BrFN2O2S. The lowest BCUT2D eigenvalue weighted by atomic mass is 10.1. The molecule has 24 heavy (non-hydrogen) atoms. The molecule has 1 aliphatic rings. The van der Waals surface area contributed by atoms with E-state index < -0.39 is 11.7 Å². The average Bonchev–Trinajstić information content (AvgIpc) is 3.12. The van der Waals surface area contributed by atoms with Gasteiger partial charge in [0.15, 0.2) is 0 Å². The lowest BCUT2D eigenvalue weighted by Crippen LogP contribution is -2.43. The highest BCUT2D eigenvalue weighted by molar-refractivity contribution is 9.10. The van der Waals surface area contributed by atoms with Gasteiger partial charge >= 0.3 is 0 Å². The zero-order valence-corrected chi connectivity index (χ0v) is 15.4. The van der Waals surface area contributed by atoms with Crippen LogP contribution in [-0.2, 0) is 4.74 Å². The lowest BCUT2D eigenvalue weighted by Gasteiger charge is -2.34. The van der Waals surface area contributed by atoms with Crippen LogP contribution in [0.4, 0.5) is 4.39 Å². The minimum atomic E-state index is -0.519. The van der Waals surface area contributed by atoms with Crippen LogP contribution in [-0.4, -0.2) is 43.7 Å². The third-order valence-corrected chi connectivity index (χ3v) is 5.45. The van der Waals surface area contributed by atoms with Gasteiger partial charge in [-0.1, -0.05) is 22.0 Å². The largest absolute Gasteiger partial charge is 0.379 e. The molecule has 4 nitrogen and oxygen atoms in total. The molecule has 1 fully saturated rings. The van der Waals surface area contributed by atoms with E-state index in [-0.39, 0.29) is 11.6 Å². The monoisotopic (exact) mass is 412 g/mol. The highest BCUT2D eigenvalue weighted by Crippen LogP contribution is 2.25. The summed E-state index contributed by atoms with van der Waals surface area (Å²) in [6.07, 6.45) is 0. The van der Waals surface area contributed by atoms with Crippen molar-refractivity contribution in [1.82, 2.24) is 10.2 Å². The Morgan fingerprint density at radius 2 is 2.17 bits per heavy atom. The molecule has 0 aliphatic carbocycles. The van der Waals surface area contributed by atoms with E-state index in [4.69, 9.17) is 4.74 Å². The van der Waals surface area contributed by atoms with Crippen LogP contribution < -0.4 is 5.32 Å². The predicted octanol–water partition coefficient (Wildman–Crippen LogP) is 3.45. The number of nitrogens with one attached hydrogen (secondary N) is 1. The molecule has 1 atom stereocenters. The third kappa shape index (κ3) is 4.22. The summed E-state index contributed by atoms with van der Waals surface area (Å²) in [5, 5.41) is 4.90. The van der Waals surface area contributed by atoms with Gasteiger partial charge in [0.05, 0.1) is 24.8 Å². The van der Waals surface area contributed by atoms with E-state index in [2.05, 4.69) is 32.2 Å². The van der Waals surface area contributed by atoms with Crippen molar-refractivity contribution in [2.24, 2.45) is 0 Å². The molecule has 0 spiro atoms. The molecule has 128 valence electrons. The molecule has 0 bridgehead atoms. The Kier molecular flexibility index (Phi) is 5.99. The number of thiophene rings is 1. The van der Waals surface area contributed by atoms with Gasteiger partial charge in [0.25, 0.3) is 5.91 Å². The van der Waals surface area contributed by atoms with Crippen molar-refractivity contribution in [3.05, 3.63) is 56.4 Å². The fraction of sp³-hybridized carbons (Fsp3) is 0.353. The number of hydrogen-bond donors (Lipinski definition) is 1. The zero-order chi connectivity index (χ0) is 16.9. The minimum Gasteiger partial charge on any atom is -0.379 e. The van der Waals surface area contributed by atoms with Gasteiger partial charge < -0.3 is 10.1 Å². The SMILES string of the molecule is O=C(NCC(c1cccs1)N1CCOCC1)c1cc(Br)ccc1F. The van der Waals surface area contributed by atoms with Crippen LogP contribution in [0.2, 0.25) is 0 Å². The second-order valence-corrected chi connectivity index (χ2v) is 7.41. The van der Waals surface area contributed by atoms with Crippen LogP contribution in [0.15, 0.2) is 40.2 Å². The first-order chi connectivity index (χ1) is 11.6. The van der Waals surface area contributed by atoms with Crippen LogP contribution >= 0.6 is 27.3 Å². The van der Waals surface area contributed by atoms with Crippen LogP contribution in [0.25, 0.3) is 0 Å². The number of rotatable bonds is 5. The number of hydrogen-bond acceptors (Lipinski definition) is 4. The van der Waals surface area contributed by atoms with Crippen LogP contribution in [0, 0.1) is 5.82 Å². The summed E-state index contributed by atoms with van der Waals surface area (Å²) >= 11 is 4.93. The third-order valence-electron chi connectivity index (χ3n) is 3.99. The van der Waals surface area contributed by atoms with Gasteiger partial charge in [0, 0.05) is 29.0 Å². The van der Waals surface area contributed by atoms with Crippen LogP contribution in [0.5, 0.6) is 0 Å². The first-order valence-corrected chi connectivity index (χ1v) is 9.41. The van der Waals surface area contributed by atoms with E-state index in [1.54, 1.807) is 17.4 Å². The normalized spacial score (nSPS) is 16.8. The summed E-state index contributed by atoms with van der Waals surface area (Å²) in [6.45, 7) is 3.46. The van der Waals surface area contributed by atoms with Crippen molar-refractivity contribution in [3.8, 4) is 0 Å². The summed E-state index contributed by atoms with van der Waals surface area (Å²) < 4.78 is 20.0. The van der Waals surface area contributed by atoms with Crippen molar-refractivity contribution in [3.63, 3.8) is 0 Å². The molecule has 0 radical (unpaired) electrons. The fourth-order valence-corrected chi connectivity index (χ4v) is 3.96. The van der Waals surface area contributed by atoms with Crippen LogP contribution in [0.3, 0.4) is 0 Å². The van der Waals surface area contributed by atoms with E-state index in [0.29, 0.717) is 24.2 Å². The molecular weight excluding hydrogens is 395 g/mol. The smallest absolute Gasteiger partial charge is 0.254 e. The predicted molar refractivity (Wildman–Crippen MR) is 95.9 cm³/mol. The van der Waals surface area contributed by atoms with Crippen molar-refractivity contribution in [2.75, 3.05) is 32.8 Å². The second kappa shape index (κ2) is 8.20. The van der Waals surface area contributed by atoms with Gasteiger partial charge in [0.2, 0.25) is 0 Å². The number of amides is 1. The zero-order valence-electron chi connectivity index (χ0n) is 13.0. The second-order valence-electron chi connectivity index (χ2n) is 5.51. The number of morpholine rings is 1. The molecule has 2 aromatic rings. The number of ether oxygens (including phenoxy) is 1. The maximum absolute atomic E-state index is 13.9. The first kappa shape index (κ1) is 17.5. The highest BCUT2D eigenvalue weighted by atomic mass is 79.9. The molecule has 3 rings (SSSR count). The molecule has 1 unspecified atom stereocenters. The van der Waals surface area contributed by atoms with E-state index in [1.165, 1.54) is 17.0 Å². The Morgan fingerprint density at radius 1 is 1.38 bits per heavy atom. The summed E-state index contributed by atoms with van der Waals surface area (Å²) in [7, 11) is 0. The van der Waals surface area contributed by atoms with Crippen molar-refractivity contribution < 1.29 is 13.9 Å². The maximum Gasteiger partial charge on any atom is 0.254 e. The van der Waals surface area contributed by atoms with Crippen molar-refractivity contribution >= 4 is 33.2 Å². The van der Waals surface area contributed by atoms with Gasteiger partial charge in [-0.05, 0) is 29.6 Å². The molecule has 1 amide bonds. The van der Waals surface area contributed by atoms with Gasteiger partial charge in [-0.15, -0.1) is 11.3 Å². The molecule has 1 aromatic carbocycles. The quantitative estimate of drug-likeness (QED) is 0.817. The minimum absolute atomic E-state index is 0.0521. The number of carbonyl (C=O) groups is 1. The first-order valence-electron chi connectivity index (χ1n) is 7.73. The fourth-order valence-electron chi connectivity index (χ4n) is 2.74. The van der Waals surface area contributed by atoms with E-state index in [0.717, 1.165) is 13.1 Å². The maximum atomic E-state index is 13.9. The molecule has 1 aliphatic heterocycles. The van der Waals surface area contributed by atoms with Gasteiger partial charge in [-0.3, -0.25) is 9.69 Å². The number of halogens is 2. The van der Waals surface area contributed by atoms with E-state index in [9.17, 15) is 9.18 Å². The van der Waals surface area contributed by atoms with E-state index >= 15 is 0 Å². The highest BCUT2D eigenvalue weighted by Gasteiger charge is 2.24. The Hall–Kier alpha value is -1.28. The molecule has 2 heterocycles. The molecule has 7 heteroatoms. The summed E-state index contributed by atoms with van der Waals surface area (Å²) in [4.78, 5) is 15.8. The summed E-state index contributed by atoms with van der Waals surface area (Å²) in [5.74, 6) is -0.918. The van der Waals surface area contributed by atoms with Gasteiger partial charge in [-0.25, -0.2) is 4.39 Å². The Balaban J connectivity index is 1.71. The Morgan fingerprint density at radius 3 is 2.88 bits per heavy atom. The van der Waals surface area contributed by atoms with E-state index in [1.807, 2.05) is 11.4 Å². The number of carbonyl (C=O) groups excluding carboxylic acids is 1. The average molecular weight is 413 g/mol. The standard InChI is InChI=1S/C17H18BrFN2O2S/c18-12-3-4-14(19)13(10-12)17(22)20-11-15(16-2-1-9-24-16)21-5-7-23-8-6-21/h1-4,9-10,15H,5-8,11H2,(H,20,22). The Bertz CT molecular complexity index is 690. The molecule has 1 aromatic heterocycles. The summed E-state index contributed by atoms with van der Waals surface area (Å²) in [5.41, 5.74) is 0.0521. The Labute approximate surface area is 152 Å². The number of nitrogens with zero attached hydrogens (tertiary/aromatic N) is 1. The molecule has 0 saturated carbocycles. The van der Waals surface area contributed by atoms with Crippen molar-refractivity contribution in [2.45, 2.75) is 6.04 Å². The van der Waals surface area contributed by atoms with Crippen molar-refractivity contribution in [1.29, 1.82) is 0 Å². The summed E-state index contributed by atoms with van der Waals surface area (Å²) in [6, 6.07) is 8.51. The van der Waals surface area contributed by atoms with Gasteiger partial charge in [0.1, 0.15) is 5.82 Å². The van der Waals surface area contributed by atoms with Gasteiger partial charge in [-0.2, -0.15) is 0 Å². The number of benzene rings is 1. The molecule has 1 saturated heterocycles. The molecule has 1 N–H and O–H groups in total. The topological polar surface area (TPSA) is 41.6 Å². The van der Waals surface area contributed by atoms with Crippen LogP contribution in [0.1, 0.15) is 21.3 Å². The lowest BCUT2D eigenvalue weighted by molar-refractivity contribution is 0.0169.